The van der Waals surface area contributed by atoms with Crippen LogP contribution in [0.25, 0.3) is 0 Å². The maximum Gasteiger partial charge on any atom is 0.319 e. The van der Waals surface area contributed by atoms with Gasteiger partial charge in [0.25, 0.3) is 5.91 Å². The maximum absolute atomic E-state index is 12.2. The fraction of sp³-hybridized carbons (Fsp3) is 0.263. The summed E-state index contributed by atoms with van der Waals surface area (Å²) in [5.74, 6) is -0.194. The lowest BCUT2D eigenvalue weighted by Gasteiger charge is -2.12. The fourth-order valence-corrected chi connectivity index (χ4v) is 2.65. The van der Waals surface area contributed by atoms with Crippen molar-refractivity contribution < 1.29 is 14.3 Å². The van der Waals surface area contributed by atoms with E-state index in [-0.39, 0.29) is 18.0 Å². The summed E-state index contributed by atoms with van der Waals surface area (Å²) in [5.41, 5.74) is 1.80. The van der Waals surface area contributed by atoms with Gasteiger partial charge in [0.1, 0.15) is 0 Å². The average Bonchev–Trinajstić information content (AvgIpc) is 3.15. The van der Waals surface area contributed by atoms with Crippen molar-refractivity contribution in [3.63, 3.8) is 0 Å². The summed E-state index contributed by atoms with van der Waals surface area (Å²) in [6, 6.07) is 15.7. The summed E-state index contributed by atoms with van der Waals surface area (Å²) < 4.78 is 5.47. The molecule has 2 aromatic carbocycles. The van der Waals surface area contributed by atoms with Crippen molar-refractivity contribution in [2.75, 3.05) is 23.8 Å². The molecule has 2 aromatic rings. The van der Waals surface area contributed by atoms with E-state index in [1.807, 2.05) is 18.2 Å². The van der Waals surface area contributed by atoms with Gasteiger partial charge in [0, 0.05) is 30.1 Å². The molecular formula is C19H21N3O3. The van der Waals surface area contributed by atoms with E-state index < -0.39 is 0 Å². The van der Waals surface area contributed by atoms with Crippen LogP contribution in [0.2, 0.25) is 0 Å². The highest BCUT2D eigenvalue weighted by Gasteiger charge is 2.16. The minimum Gasteiger partial charge on any atom is -0.376 e. The van der Waals surface area contributed by atoms with Crippen molar-refractivity contribution in [1.29, 1.82) is 0 Å². The molecule has 25 heavy (non-hydrogen) atoms. The van der Waals surface area contributed by atoms with E-state index in [4.69, 9.17) is 4.74 Å². The van der Waals surface area contributed by atoms with E-state index in [2.05, 4.69) is 16.0 Å². The molecule has 0 bridgehead atoms. The number of anilines is 2. The Morgan fingerprint density at radius 1 is 1.00 bits per heavy atom. The molecule has 0 radical (unpaired) electrons. The Morgan fingerprint density at radius 3 is 2.48 bits per heavy atom. The molecule has 6 heteroatoms. The second kappa shape index (κ2) is 8.30. The molecule has 1 saturated heterocycles. The number of urea groups is 1. The van der Waals surface area contributed by atoms with Gasteiger partial charge in [-0.2, -0.15) is 0 Å². The molecule has 3 N–H and O–H groups in total. The van der Waals surface area contributed by atoms with Crippen molar-refractivity contribution >= 4 is 23.3 Å². The summed E-state index contributed by atoms with van der Waals surface area (Å²) in [6.07, 6.45) is 2.11. The van der Waals surface area contributed by atoms with Crippen LogP contribution in [0, 0.1) is 0 Å². The predicted octanol–water partition coefficient (Wildman–Crippen LogP) is 3.24. The van der Waals surface area contributed by atoms with Crippen LogP contribution < -0.4 is 16.0 Å². The number of benzene rings is 2. The number of carbonyl (C=O) groups is 2. The molecule has 1 atom stereocenters. The Kier molecular flexibility index (Phi) is 5.64. The maximum atomic E-state index is 12.2. The number of nitrogens with one attached hydrogen (secondary N) is 3. The zero-order valence-electron chi connectivity index (χ0n) is 13.8. The second-order valence-corrected chi connectivity index (χ2v) is 5.87. The van der Waals surface area contributed by atoms with Gasteiger partial charge in [-0.3, -0.25) is 4.79 Å². The molecule has 0 spiro atoms. The quantitative estimate of drug-likeness (QED) is 0.782. The summed E-state index contributed by atoms with van der Waals surface area (Å²) in [4.78, 5) is 24.1. The first-order valence-electron chi connectivity index (χ1n) is 8.33. The predicted molar refractivity (Wildman–Crippen MR) is 96.8 cm³/mol. The standard InChI is InChI=1S/C19H21N3O3/c23-18(14-6-2-1-3-7-14)21-15-8-4-9-16(12-15)22-19(24)20-13-17-10-5-11-25-17/h1-4,6-9,12,17H,5,10-11,13H2,(H,21,23)(H2,20,22,24). The molecule has 1 aliphatic rings. The number of hydrogen-bond acceptors (Lipinski definition) is 3. The van der Waals surface area contributed by atoms with Crippen LogP contribution in [0.5, 0.6) is 0 Å². The van der Waals surface area contributed by atoms with E-state index in [9.17, 15) is 9.59 Å². The molecule has 1 unspecified atom stereocenters. The van der Waals surface area contributed by atoms with E-state index in [0.29, 0.717) is 23.5 Å². The SMILES string of the molecule is O=C(NCC1CCCO1)Nc1cccc(NC(=O)c2ccccc2)c1. The highest BCUT2D eigenvalue weighted by molar-refractivity contribution is 6.04. The Morgan fingerprint density at radius 2 is 1.76 bits per heavy atom. The van der Waals surface area contributed by atoms with Gasteiger partial charge in [-0.05, 0) is 43.2 Å². The van der Waals surface area contributed by atoms with Gasteiger partial charge in [-0.15, -0.1) is 0 Å². The Hall–Kier alpha value is -2.86. The first-order chi connectivity index (χ1) is 12.2. The lowest BCUT2D eigenvalue weighted by atomic mass is 10.2. The van der Waals surface area contributed by atoms with Crippen LogP contribution in [0.15, 0.2) is 54.6 Å². The van der Waals surface area contributed by atoms with Gasteiger partial charge in [-0.25, -0.2) is 4.79 Å². The molecule has 1 aliphatic heterocycles. The molecule has 1 heterocycles. The van der Waals surface area contributed by atoms with Crippen LogP contribution in [0.4, 0.5) is 16.2 Å². The van der Waals surface area contributed by atoms with Crippen molar-refractivity contribution in [2.24, 2.45) is 0 Å². The molecule has 3 amide bonds. The number of amides is 3. The third-order valence-electron chi connectivity index (χ3n) is 3.93. The van der Waals surface area contributed by atoms with Crippen LogP contribution in [0.1, 0.15) is 23.2 Å². The highest BCUT2D eigenvalue weighted by atomic mass is 16.5. The van der Waals surface area contributed by atoms with Gasteiger partial charge in [-0.1, -0.05) is 24.3 Å². The summed E-state index contributed by atoms with van der Waals surface area (Å²) in [7, 11) is 0. The minimum atomic E-state index is -0.290. The number of hydrogen-bond donors (Lipinski definition) is 3. The lowest BCUT2D eigenvalue weighted by molar-refractivity contribution is 0.102. The van der Waals surface area contributed by atoms with Crippen LogP contribution >= 0.6 is 0 Å². The van der Waals surface area contributed by atoms with Gasteiger partial charge < -0.3 is 20.7 Å². The fourth-order valence-electron chi connectivity index (χ4n) is 2.65. The van der Waals surface area contributed by atoms with Gasteiger partial charge >= 0.3 is 6.03 Å². The topological polar surface area (TPSA) is 79.5 Å². The third-order valence-corrected chi connectivity index (χ3v) is 3.93. The summed E-state index contributed by atoms with van der Waals surface area (Å²) >= 11 is 0. The Labute approximate surface area is 146 Å². The summed E-state index contributed by atoms with van der Waals surface area (Å²) in [6.45, 7) is 1.26. The molecule has 6 nitrogen and oxygen atoms in total. The molecule has 130 valence electrons. The zero-order valence-corrected chi connectivity index (χ0v) is 13.8. The largest absolute Gasteiger partial charge is 0.376 e. The molecular weight excluding hydrogens is 318 g/mol. The first kappa shape index (κ1) is 17.0. The first-order valence-corrected chi connectivity index (χ1v) is 8.33. The highest BCUT2D eigenvalue weighted by Crippen LogP contribution is 2.16. The molecule has 1 fully saturated rings. The van der Waals surface area contributed by atoms with Crippen LogP contribution in [-0.2, 0) is 4.74 Å². The third kappa shape index (κ3) is 5.06. The molecule has 3 rings (SSSR count). The minimum absolute atomic E-state index is 0.0993. The normalized spacial score (nSPS) is 16.2. The van der Waals surface area contributed by atoms with E-state index >= 15 is 0 Å². The lowest BCUT2D eigenvalue weighted by Crippen LogP contribution is -2.35. The molecule has 0 saturated carbocycles. The number of ether oxygens (including phenoxy) is 1. The van der Waals surface area contributed by atoms with Gasteiger partial charge in [0.05, 0.1) is 6.10 Å². The van der Waals surface area contributed by atoms with Crippen LogP contribution in [-0.4, -0.2) is 31.2 Å². The summed E-state index contributed by atoms with van der Waals surface area (Å²) in [5, 5.41) is 8.38. The average molecular weight is 339 g/mol. The zero-order chi connectivity index (χ0) is 17.5. The second-order valence-electron chi connectivity index (χ2n) is 5.87. The van der Waals surface area contributed by atoms with Gasteiger partial charge in [0.15, 0.2) is 0 Å². The van der Waals surface area contributed by atoms with Crippen molar-refractivity contribution in [3.05, 3.63) is 60.2 Å². The number of rotatable bonds is 5. The molecule has 0 aliphatic carbocycles. The number of carbonyl (C=O) groups excluding carboxylic acids is 2. The van der Waals surface area contributed by atoms with E-state index in [1.54, 1.807) is 36.4 Å². The van der Waals surface area contributed by atoms with Crippen molar-refractivity contribution in [2.45, 2.75) is 18.9 Å². The van der Waals surface area contributed by atoms with Crippen molar-refractivity contribution in [1.82, 2.24) is 5.32 Å². The van der Waals surface area contributed by atoms with Crippen LogP contribution in [0.3, 0.4) is 0 Å². The van der Waals surface area contributed by atoms with E-state index in [0.717, 1.165) is 19.4 Å². The van der Waals surface area contributed by atoms with Gasteiger partial charge in [0.2, 0.25) is 0 Å². The Balaban J connectivity index is 1.53. The molecule has 0 aromatic heterocycles. The smallest absolute Gasteiger partial charge is 0.319 e. The monoisotopic (exact) mass is 339 g/mol. The van der Waals surface area contributed by atoms with E-state index in [1.165, 1.54) is 0 Å². The van der Waals surface area contributed by atoms with Crippen molar-refractivity contribution in [3.8, 4) is 0 Å². The Bertz CT molecular complexity index is 728.